The molecule has 5 nitrogen and oxygen atoms in total. The van der Waals surface area contributed by atoms with Crippen LogP contribution in [0.15, 0.2) is 36.4 Å². The molecule has 0 saturated heterocycles. The Morgan fingerprint density at radius 1 is 1.19 bits per heavy atom. The lowest BCUT2D eigenvalue weighted by Crippen LogP contribution is -2.10. The topological polar surface area (TPSA) is 78.6 Å². The van der Waals surface area contributed by atoms with E-state index in [1.165, 1.54) is 17.7 Å². The van der Waals surface area contributed by atoms with E-state index in [2.05, 4.69) is 12.2 Å². The number of hydrogen-bond acceptors (Lipinski definition) is 4. The van der Waals surface area contributed by atoms with Crippen molar-refractivity contribution in [3.63, 3.8) is 0 Å². The van der Waals surface area contributed by atoms with Gasteiger partial charge in [0.25, 0.3) is 0 Å². The van der Waals surface area contributed by atoms with Crippen LogP contribution in [-0.2, 0) is 0 Å². The number of nitrogens with two attached hydrogens (primary N) is 1. The summed E-state index contributed by atoms with van der Waals surface area (Å²) in [5, 5.41) is 12.2. The first-order valence-corrected chi connectivity index (χ1v) is 6.56. The number of hydrogen-bond donors (Lipinski definition) is 3. The third-order valence-electron chi connectivity index (χ3n) is 3.27. The second-order valence-electron chi connectivity index (χ2n) is 5.13. The molecule has 2 aromatic carbocycles. The average Bonchev–Trinajstić information content (AvgIpc) is 2.42. The minimum atomic E-state index is -0.988. The molecule has 0 aliphatic rings. The van der Waals surface area contributed by atoms with Crippen LogP contribution in [0.25, 0.3) is 0 Å². The summed E-state index contributed by atoms with van der Waals surface area (Å²) < 4.78 is 0. The molecule has 2 rings (SSSR count). The summed E-state index contributed by atoms with van der Waals surface area (Å²) in [6.45, 7) is 2.05. The van der Waals surface area contributed by atoms with Crippen LogP contribution in [0.1, 0.15) is 15.9 Å². The summed E-state index contributed by atoms with van der Waals surface area (Å²) in [4.78, 5) is 12.9. The van der Waals surface area contributed by atoms with Crippen LogP contribution < -0.4 is 16.0 Å². The van der Waals surface area contributed by atoms with Crippen molar-refractivity contribution in [3.8, 4) is 0 Å². The number of carboxylic acids is 1. The fourth-order valence-corrected chi connectivity index (χ4v) is 2.13. The third kappa shape index (κ3) is 3.25. The Morgan fingerprint density at radius 3 is 2.48 bits per heavy atom. The predicted molar refractivity (Wildman–Crippen MR) is 86.6 cm³/mol. The van der Waals surface area contributed by atoms with Gasteiger partial charge in [-0.1, -0.05) is 6.07 Å². The summed E-state index contributed by atoms with van der Waals surface area (Å²) in [5.74, 6) is -0.988. The first kappa shape index (κ1) is 14.7. The SMILES string of the molecule is Cc1ccc(Nc2ccc(C(=O)O)cc2N)cc1N(C)C. The van der Waals surface area contributed by atoms with Crippen molar-refractivity contribution in [1.29, 1.82) is 0 Å². The Labute approximate surface area is 124 Å². The van der Waals surface area contributed by atoms with Crippen molar-refractivity contribution < 1.29 is 9.90 Å². The number of nitrogens with one attached hydrogen (secondary N) is 1. The van der Waals surface area contributed by atoms with E-state index in [-0.39, 0.29) is 5.56 Å². The molecule has 0 bridgehead atoms. The molecule has 0 spiro atoms. The van der Waals surface area contributed by atoms with Gasteiger partial charge in [0.15, 0.2) is 0 Å². The molecule has 110 valence electrons. The van der Waals surface area contributed by atoms with Crippen molar-refractivity contribution in [3.05, 3.63) is 47.5 Å². The van der Waals surface area contributed by atoms with Gasteiger partial charge in [-0.25, -0.2) is 4.79 Å². The van der Waals surface area contributed by atoms with Gasteiger partial charge in [0, 0.05) is 25.5 Å². The molecule has 4 N–H and O–H groups in total. The van der Waals surface area contributed by atoms with Crippen LogP contribution in [0.5, 0.6) is 0 Å². The van der Waals surface area contributed by atoms with E-state index in [0.717, 1.165) is 11.4 Å². The van der Waals surface area contributed by atoms with Gasteiger partial charge in [-0.05, 0) is 42.8 Å². The summed E-state index contributed by atoms with van der Waals surface area (Å²) in [7, 11) is 3.98. The molecule has 0 heterocycles. The lowest BCUT2D eigenvalue weighted by atomic mass is 10.1. The van der Waals surface area contributed by atoms with Crippen LogP contribution in [-0.4, -0.2) is 25.2 Å². The molecule has 21 heavy (non-hydrogen) atoms. The number of anilines is 4. The van der Waals surface area contributed by atoms with E-state index in [1.807, 2.05) is 37.2 Å². The number of rotatable bonds is 4. The number of aromatic carboxylic acids is 1. The molecule has 0 aliphatic carbocycles. The van der Waals surface area contributed by atoms with Crippen LogP contribution in [0.4, 0.5) is 22.7 Å². The summed E-state index contributed by atoms with van der Waals surface area (Å²) in [6, 6.07) is 10.7. The van der Waals surface area contributed by atoms with Gasteiger partial charge in [-0.2, -0.15) is 0 Å². The molecule has 0 amide bonds. The Morgan fingerprint density at radius 2 is 1.90 bits per heavy atom. The fourth-order valence-electron chi connectivity index (χ4n) is 2.13. The maximum absolute atomic E-state index is 10.9. The molecular weight excluding hydrogens is 266 g/mol. The third-order valence-corrected chi connectivity index (χ3v) is 3.27. The monoisotopic (exact) mass is 285 g/mol. The zero-order valence-corrected chi connectivity index (χ0v) is 12.3. The highest BCUT2D eigenvalue weighted by molar-refractivity contribution is 5.91. The summed E-state index contributed by atoms with van der Waals surface area (Å²) in [6.07, 6.45) is 0. The molecule has 0 unspecified atom stereocenters. The smallest absolute Gasteiger partial charge is 0.335 e. The van der Waals surface area contributed by atoms with E-state index < -0.39 is 5.97 Å². The van der Waals surface area contributed by atoms with E-state index in [9.17, 15) is 4.79 Å². The van der Waals surface area contributed by atoms with Crippen molar-refractivity contribution >= 4 is 28.7 Å². The average molecular weight is 285 g/mol. The van der Waals surface area contributed by atoms with E-state index >= 15 is 0 Å². The highest BCUT2D eigenvalue weighted by atomic mass is 16.4. The Balaban J connectivity index is 2.30. The molecule has 0 aromatic heterocycles. The van der Waals surface area contributed by atoms with Crippen LogP contribution in [0, 0.1) is 6.92 Å². The lowest BCUT2D eigenvalue weighted by molar-refractivity contribution is 0.0697. The van der Waals surface area contributed by atoms with Crippen LogP contribution in [0.2, 0.25) is 0 Å². The van der Waals surface area contributed by atoms with E-state index in [1.54, 1.807) is 6.07 Å². The number of aryl methyl sites for hydroxylation is 1. The first-order valence-electron chi connectivity index (χ1n) is 6.56. The number of carbonyl (C=O) groups is 1. The highest BCUT2D eigenvalue weighted by Crippen LogP contribution is 2.28. The Bertz CT molecular complexity index is 681. The predicted octanol–water partition coefficient (Wildman–Crippen LogP) is 3.09. The first-order chi connectivity index (χ1) is 9.88. The standard InChI is InChI=1S/C16H19N3O2/c1-10-4-6-12(9-15(10)19(2)3)18-14-7-5-11(16(20)21)8-13(14)17/h4-9,18H,17H2,1-3H3,(H,20,21). The van der Waals surface area contributed by atoms with Gasteiger partial charge in [0.2, 0.25) is 0 Å². The zero-order valence-electron chi connectivity index (χ0n) is 12.3. The maximum atomic E-state index is 10.9. The van der Waals surface area contributed by atoms with Gasteiger partial charge in [-0.15, -0.1) is 0 Å². The fraction of sp³-hybridized carbons (Fsp3) is 0.188. The van der Waals surface area contributed by atoms with E-state index in [4.69, 9.17) is 10.8 Å². The van der Waals surface area contributed by atoms with Crippen molar-refractivity contribution in [2.45, 2.75) is 6.92 Å². The Kier molecular flexibility index (Phi) is 4.03. The number of nitrogens with zero attached hydrogens (tertiary/aromatic N) is 1. The van der Waals surface area contributed by atoms with Gasteiger partial charge in [-0.3, -0.25) is 0 Å². The normalized spacial score (nSPS) is 10.2. The molecule has 5 heteroatoms. The number of benzene rings is 2. The molecule has 0 atom stereocenters. The van der Waals surface area contributed by atoms with E-state index in [0.29, 0.717) is 11.4 Å². The Hall–Kier alpha value is -2.69. The van der Waals surface area contributed by atoms with Crippen molar-refractivity contribution in [1.82, 2.24) is 0 Å². The molecule has 0 fully saturated rings. The lowest BCUT2D eigenvalue weighted by Gasteiger charge is -2.18. The largest absolute Gasteiger partial charge is 0.478 e. The number of carboxylic acid groups (broad SMARTS) is 1. The van der Waals surface area contributed by atoms with Gasteiger partial charge in [0.05, 0.1) is 16.9 Å². The zero-order chi connectivity index (χ0) is 15.6. The van der Waals surface area contributed by atoms with Crippen LogP contribution >= 0.6 is 0 Å². The van der Waals surface area contributed by atoms with Crippen molar-refractivity contribution in [2.75, 3.05) is 30.0 Å². The quantitative estimate of drug-likeness (QED) is 0.752. The number of nitrogen functional groups attached to an aromatic ring is 1. The summed E-state index contributed by atoms with van der Waals surface area (Å²) >= 11 is 0. The van der Waals surface area contributed by atoms with Gasteiger partial charge in [0.1, 0.15) is 0 Å². The summed E-state index contributed by atoms with van der Waals surface area (Å²) in [5.41, 5.74) is 10.4. The van der Waals surface area contributed by atoms with Gasteiger partial charge < -0.3 is 21.1 Å². The minimum absolute atomic E-state index is 0.177. The highest BCUT2D eigenvalue weighted by Gasteiger charge is 2.08. The molecule has 0 saturated carbocycles. The molecular formula is C16H19N3O2. The molecule has 2 aromatic rings. The maximum Gasteiger partial charge on any atom is 0.335 e. The minimum Gasteiger partial charge on any atom is -0.478 e. The second kappa shape index (κ2) is 5.75. The van der Waals surface area contributed by atoms with Crippen LogP contribution in [0.3, 0.4) is 0 Å². The van der Waals surface area contributed by atoms with Gasteiger partial charge >= 0.3 is 5.97 Å². The van der Waals surface area contributed by atoms with Crippen molar-refractivity contribution in [2.24, 2.45) is 0 Å². The molecule has 0 aliphatic heterocycles. The second-order valence-corrected chi connectivity index (χ2v) is 5.13. The molecule has 0 radical (unpaired) electrons.